The molecule has 1 amide bonds. The summed E-state index contributed by atoms with van der Waals surface area (Å²) in [7, 11) is 0. The molecule has 0 spiro atoms. The van der Waals surface area contributed by atoms with E-state index in [1.165, 1.54) is 18.3 Å². The Bertz CT molecular complexity index is 773. The lowest BCUT2D eigenvalue weighted by Gasteiger charge is -2.08. The number of carbonyl (C=O) groups excluding carboxylic acids is 1. The Hall–Kier alpha value is -3.22. The van der Waals surface area contributed by atoms with E-state index in [9.17, 15) is 14.9 Å². The van der Waals surface area contributed by atoms with Crippen molar-refractivity contribution in [2.45, 2.75) is 26.2 Å². The first-order valence-corrected chi connectivity index (χ1v) is 8.37. The molecule has 2 rings (SSSR count). The number of unbranched alkanes of at least 4 members (excludes halogenated alkanes) is 1. The molecule has 0 heterocycles. The maximum atomic E-state index is 11.9. The van der Waals surface area contributed by atoms with E-state index < -0.39 is 4.92 Å². The van der Waals surface area contributed by atoms with E-state index in [1.54, 1.807) is 12.1 Å². The quantitative estimate of drug-likeness (QED) is 0.322. The standard InChI is InChI=1S/C19H21N3O4/c1-2-3-12-26-18-7-5-4-6-16(18)14-20-21-19(23)13-15-8-10-17(11-9-15)22(24)25/h4-11,14H,2-3,12-13H2,1H3,(H,21,23)/b20-14-. The number of para-hydroxylation sites is 1. The summed E-state index contributed by atoms with van der Waals surface area (Å²) in [4.78, 5) is 22.1. The fraction of sp³-hybridized carbons (Fsp3) is 0.263. The van der Waals surface area contributed by atoms with Gasteiger partial charge in [-0.1, -0.05) is 37.6 Å². The van der Waals surface area contributed by atoms with E-state index in [2.05, 4.69) is 17.5 Å². The minimum Gasteiger partial charge on any atom is -0.493 e. The summed E-state index contributed by atoms with van der Waals surface area (Å²) in [6, 6.07) is 13.3. The van der Waals surface area contributed by atoms with Gasteiger partial charge in [-0.2, -0.15) is 5.10 Å². The number of rotatable bonds is 9. The molecule has 0 aliphatic carbocycles. The maximum absolute atomic E-state index is 11.9. The maximum Gasteiger partial charge on any atom is 0.269 e. The fourth-order valence-electron chi connectivity index (χ4n) is 2.18. The van der Waals surface area contributed by atoms with E-state index in [1.807, 2.05) is 24.3 Å². The van der Waals surface area contributed by atoms with Gasteiger partial charge in [0.1, 0.15) is 5.75 Å². The van der Waals surface area contributed by atoms with Crippen molar-refractivity contribution in [1.82, 2.24) is 5.43 Å². The van der Waals surface area contributed by atoms with Crippen molar-refractivity contribution < 1.29 is 14.5 Å². The fourth-order valence-corrected chi connectivity index (χ4v) is 2.18. The van der Waals surface area contributed by atoms with E-state index in [-0.39, 0.29) is 18.0 Å². The van der Waals surface area contributed by atoms with Crippen LogP contribution >= 0.6 is 0 Å². The van der Waals surface area contributed by atoms with Crippen LogP contribution in [0.15, 0.2) is 53.6 Å². The molecule has 26 heavy (non-hydrogen) atoms. The van der Waals surface area contributed by atoms with Gasteiger partial charge in [0.2, 0.25) is 5.91 Å². The molecule has 2 aromatic rings. The second-order valence-corrected chi connectivity index (χ2v) is 5.63. The molecule has 1 N–H and O–H groups in total. The number of amides is 1. The van der Waals surface area contributed by atoms with Gasteiger partial charge in [0, 0.05) is 17.7 Å². The Kier molecular flexibility index (Phi) is 7.30. The minimum atomic E-state index is -0.478. The van der Waals surface area contributed by atoms with Crippen LogP contribution in [0.2, 0.25) is 0 Å². The molecule has 0 aliphatic heterocycles. The van der Waals surface area contributed by atoms with Gasteiger partial charge in [0.05, 0.1) is 24.2 Å². The van der Waals surface area contributed by atoms with Crippen molar-refractivity contribution in [3.05, 3.63) is 69.8 Å². The third-order valence-electron chi connectivity index (χ3n) is 3.58. The number of hydrazone groups is 1. The Morgan fingerprint density at radius 1 is 1.23 bits per heavy atom. The van der Waals surface area contributed by atoms with E-state index in [0.717, 1.165) is 18.4 Å². The molecule has 0 radical (unpaired) electrons. The highest BCUT2D eigenvalue weighted by Gasteiger charge is 2.07. The number of nitrogens with zero attached hydrogens (tertiary/aromatic N) is 2. The summed E-state index contributed by atoms with van der Waals surface area (Å²) in [5, 5.41) is 14.6. The summed E-state index contributed by atoms with van der Waals surface area (Å²) in [5.74, 6) is 0.411. The Balaban J connectivity index is 1.89. The van der Waals surface area contributed by atoms with E-state index in [4.69, 9.17) is 4.74 Å². The van der Waals surface area contributed by atoms with Crippen LogP contribution in [0.1, 0.15) is 30.9 Å². The van der Waals surface area contributed by atoms with E-state index in [0.29, 0.717) is 17.9 Å². The largest absolute Gasteiger partial charge is 0.493 e. The molecule has 0 saturated heterocycles. The molecule has 7 heteroatoms. The van der Waals surface area contributed by atoms with Crippen LogP contribution in [0, 0.1) is 10.1 Å². The zero-order chi connectivity index (χ0) is 18.8. The SMILES string of the molecule is CCCCOc1ccccc1/C=N\NC(=O)Cc1ccc([N+](=O)[O-])cc1. The summed E-state index contributed by atoms with van der Waals surface area (Å²) in [5.41, 5.74) is 3.89. The number of nitro benzene ring substituents is 1. The molecule has 0 saturated carbocycles. The number of non-ortho nitro benzene ring substituents is 1. The van der Waals surface area contributed by atoms with Gasteiger partial charge in [-0.3, -0.25) is 14.9 Å². The van der Waals surface area contributed by atoms with Crippen molar-refractivity contribution in [1.29, 1.82) is 0 Å². The third-order valence-corrected chi connectivity index (χ3v) is 3.58. The zero-order valence-electron chi connectivity index (χ0n) is 14.6. The molecular formula is C19H21N3O4. The number of hydrogen-bond donors (Lipinski definition) is 1. The molecule has 0 bridgehead atoms. The number of nitro groups is 1. The van der Waals surface area contributed by atoms with Crippen molar-refractivity contribution >= 4 is 17.8 Å². The lowest BCUT2D eigenvalue weighted by Crippen LogP contribution is -2.19. The second-order valence-electron chi connectivity index (χ2n) is 5.63. The first kappa shape index (κ1) is 19.1. The van der Waals surface area contributed by atoms with Crippen molar-refractivity contribution in [2.24, 2.45) is 5.10 Å². The minimum absolute atomic E-state index is 0.00754. The van der Waals surface area contributed by atoms with Crippen molar-refractivity contribution in [3.8, 4) is 5.75 Å². The van der Waals surface area contributed by atoms with Crippen LogP contribution < -0.4 is 10.2 Å². The summed E-state index contributed by atoms with van der Waals surface area (Å²) >= 11 is 0. The molecule has 0 atom stereocenters. The zero-order valence-corrected chi connectivity index (χ0v) is 14.6. The molecule has 0 unspecified atom stereocenters. The molecular weight excluding hydrogens is 334 g/mol. The van der Waals surface area contributed by atoms with Gasteiger partial charge in [0.25, 0.3) is 5.69 Å². The molecule has 136 valence electrons. The number of benzene rings is 2. The first-order chi connectivity index (χ1) is 12.6. The van der Waals surface area contributed by atoms with Gasteiger partial charge in [-0.25, -0.2) is 5.43 Å². The molecule has 0 aromatic heterocycles. The Labute approximate surface area is 151 Å². The van der Waals surface area contributed by atoms with Crippen molar-refractivity contribution in [2.75, 3.05) is 6.61 Å². The van der Waals surface area contributed by atoms with Gasteiger partial charge in [-0.05, 0) is 24.1 Å². The molecule has 0 aliphatic rings. The number of hydrogen-bond acceptors (Lipinski definition) is 5. The molecule has 7 nitrogen and oxygen atoms in total. The predicted molar refractivity (Wildman–Crippen MR) is 99.4 cm³/mol. The van der Waals surface area contributed by atoms with Gasteiger partial charge in [-0.15, -0.1) is 0 Å². The normalized spacial score (nSPS) is 10.7. The number of ether oxygens (including phenoxy) is 1. The number of carbonyl (C=O) groups is 1. The molecule has 0 fully saturated rings. The lowest BCUT2D eigenvalue weighted by atomic mass is 10.1. The van der Waals surface area contributed by atoms with Gasteiger partial charge >= 0.3 is 0 Å². The highest BCUT2D eigenvalue weighted by atomic mass is 16.6. The summed E-state index contributed by atoms with van der Waals surface area (Å²) in [6.07, 6.45) is 3.64. The summed E-state index contributed by atoms with van der Waals surface area (Å²) < 4.78 is 5.70. The van der Waals surface area contributed by atoms with Crippen LogP contribution in [-0.2, 0) is 11.2 Å². The average Bonchev–Trinajstić information content (AvgIpc) is 2.63. The first-order valence-electron chi connectivity index (χ1n) is 8.37. The average molecular weight is 355 g/mol. The molecule has 2 aromatic carbocycles. The van der Waals surface area contributed by atoms with Crippen molar-refractivity contribution in [3.63, 3.8) is 0 Å². The highest BCUT2D eigenvalue weighted by Crippen LogP contribution is 2.16. The monoisotopic (exact) mass is 355 g/mol. The number of nitrogens with one attached hydrogen (secondary N) is 1. The lowest BCUT2D eigenvalue weighted by molar-refractivity contribution is -0.384. The Morgan fingerprint density at radius 3 is 2.65 bits per heavy atom. The van der Waals surface area contributed by atoms with Crippen LogP contribution in [0.4, 0.5) is 5.69 Å². The third kappa shape index (κ3) is 6.01. The summed E-state index contributed by atoms with van der Waals surface area (Å²) in [6.45, 7) is 2.73. The topological polar surface area (TPSA) is 93.8 Å². The van der Waals surface area contributed by atoms with Crippen LogP contribution in [0.3, 0.4) is 0 Å². The Morgan fingerprint density at radius 2 is 1.96 bits per heavy atom. The van der Waals surface area contributed by atoms with Crippen LogP contribution in [0.25, 0.3) is 0 Å². The van der Waals surface area contributed by atoms with Crippen LogP contribution in [-0.4, -0.2) is 23.7 Å². The second kappa shape index (κ2) is 9.93. The smallest absolute Gasteiger partial charge is 0.269 e. The van der Waals surface area contributed by atoms with Gasteiger partial charge in [0.15, 0.2) is 0 Å². The predicted octanol–water partition coefficient (Wildman–Crippen LogP) is 3.47. The highest BCUT2D eigenvalue weighted by molar-refractivity contribution is 5.85. The van der Waals surface area contributed by atoms with Crippen LogP contribution in [0.5, 0.6) is 5.75 Å². The van der Waals surface area contributed by atoms with E-state index >= 15 is 0 Å². The van der Waals surface area contributed by atoms with Gasteiger partial charge < -0.3 is 4.74 Å².